The number of hydrogen-bond acceptors (Lipinski definition) is 4. The summed E-state index contributed by atoms with van der Waals surface area (Å²) in [7, 11) is 0. The molecule has 0 radical (unpaired) electrons. The lowest BCUT2D eigenvalue weighted by atomic mass is 10.2. The molecule has 1 atom stereocenters. The highest BCUT2D eigenvalue weighted by molar-refractivity contribution is 5.36. The van der Waals surface area contributed by atoms with Crippen molar-refractivity contribution < 1.29 is 4.74 Å². The van der Waals surface area contributed by atoms with E-state index < -0.39 is 0 Å². The molecule has 5 nitrogen and oxygen atoms in total. The fraction of sp³-hybridized carbons (Fsp3) is 0.500. The van der Waals surface area contributed by atoms with Crippen LogP contribution in [0.3, 0.4) is 0 Å². The van der Waals surface area contributed by atoms with Gasteiger partial charge < -0.3 is 9.30 Å². The second-order valence-electron chi connectivity index (χ2n) is 3.45. The Labute approximate surface area is 87.5 Å². The minimum Gasteiger partial charge on any atom is -0.376 e. The maximum absolute atomic E-state index is 8.89. The van der Waals surface area contributed by atoms with Crippen molar-refractivity contribution in [2.24, 2.45) is 0 Å². The molecule has 76 valence electrons. The van der Waals surface area contributed by atoms with Crippen LogP contribution in [0.15, 0.2) is 6.33 Å². The van der Waals surface area contributed by atoms with Crippen LogP contribution in [0.5, 0.6) is 0 Å². The van der Waals surface area contributed by atoms with Crippen LogP contribution in [0.2, 0.25) is 0 Å². The molecule has 0 amide bonds. The standard InChI is InChI=1S/C10H10N4O/c11-4-9-10(5-12)14(7-13-9)6-8-2-1-3-15-8/h7-8H,1-3,6H2. The molecule has 0 aromatic carbocycles. The average molecular weight is 202 g/mol. The summed E-state index contributed by atoms with van der Waals surface area (Å²) in [5.74, 6) is 0. The molecule has 1 fully saturated rings. The Bertz CT molecular complexity index is 431. The van der Waals surface area contributed by atoms with Gasteiger partial charge in [-0.3, -0.25) is 0 Å². The maximum Gasteiger partial charge on any atom is 0.176 e. The minimum absolute atomic E-state index is 0.151. The highest BCUT2D eigenvalue weighted by Crippen LogP contribution is 2.15. The SMILES string of the molecule is N#Cc1ncn(CC2CCCO2)c1C#N. The van der Waals surface area contributed by atoms with Crippen LogP contribution in [0.25, 0.3) is 0 Å². The monoisotopic (exact) mass is 202 g/mol. The summed E-state index contributed by atoms with van der Waals surface area (Å²) in [4.78, 5) is 3.87. The van der Waals surface area contributed by atoms with Crippen molar-refractivity contribution in [3.63, 3.8) is 0 Å². The zero-order valence-electron chi connectivity index (χ0n) is 8.18. The van der Waals surface area contributed by atoms with Crippen molar-refractivity contribution in [2.45, 2.75) is 25.5 Å². The smallest absolute Gasteiger partial charge is 0.176 e. The number of rotatable bonds is 2. The predicted molar refractivity (Wildman–Crippen MR) is 50.6 cm³/mol. The van der Waals surface area contributed by atoms with Gasteiger partial charge in [-0.2, -0.15) is 10.5 Å². The summed E-state index contributed by atoms with van der Waals surface area (Å²) in [6.45, 7) is 1.39. The predicted octanol–water partition coefficient (Wildman–Crippen LogP) is 0.805. The van der Waals surface area contributed by atoms with Gasteiger partial charge in [0.1, 0.15) is 12.1 Å². The number of aromatic nitrogens is 2. The van der Waals surface area contributed by atoms with E-state index in [0.717, 1.165) is 19.4 Å². The average Bonchev–Trinajstić information content (AvgIpc) is 2.87. The molecule has 1 unspecified atom stereocenters. The maximum atomic E-state index is 8.89. The lowest BCUT2D eigenvalue weighted by Gasteiger charge is -2.10. The van der Waals surface area contributed by atoms with Crippen molar-refractivity contribution in [3.05, 3.63) is 17.7 Å². The Hall–Kier alpha value is -1.85. The van der Waals surface area contributed by atoms with E-state index in [-0.39, 0.29) is 11.8 Å². The molecule has 1 aliphatic rings. The van der Waals surface area contributed by atoms with Gasteiger partial charge in [0.2, 0.25) is 0 Å². The number of hydrogen-bond donors (Lipinski definition) is 0. The first-order chi connectivity index (χ1) is 7.35. The molecule has 0 N–H and O–H groups in total. The van der Waals surface area contributed by atoms with E-state index >= 15 is 0 Å². The van der Waals surface area contributed by atoms with Gasteiger partial charge >= 0.3 is 0 Å². The van der Waals surface area contributed by atoms with E-state index in [1.807, 2.05) is 12.1 Å². The quantitative estimate of drug-likeness (QED) is 0.711. The molecule has 1 aromatic heterocycles. The Kier molecular flexibility index (Phi) is 2.66. The van der Waals surface area contributed by atoms with Crippen LogP contribution in [0.1, 0.15) is 24.2 Å². The Balaban J connectivity index is 2.18. The number of nitrogens with zero attached hydrogens (tertiary/aromatic N) is 4. The van der Waals surface area contributed by atoms with E-state index in [2.05, 4.69) is 4.98 Å². The summed E-state index contributed by atoms with van der Waals surface area (Å²) < 4.78 is 7.15. The van der Waals surface area contributed by atoms with Gasteiger partial charge in [0, 0.05) is 6.61 Å². The molecule has 1 saturated heterocycles. The van der Waals surface area contributed by atoms with Crippen molar-refractivity contribution in [3.8, 4) is 12.1 Å². The van der Waals surface area contributed by atoms with E-state index in [0.29, 0.717) is 12.2 Å². The summed E-state index contributed by atoms with van der Waals surface area (Å²) >= 11 is 0. The van der Waals surface area contributed by atoms with E-state index in [1.165, 1.54) is 6.33 Å². The largest absolute Gasteiger partial charge is 0.376 e. The van der Waals surface area contributed by atoms with Gasteiger partial charge in [-0.1, -0.05) is 0 Å². The molecule has 1 aromatic rings. The van der Waals surface area contributed by atoms with Crippen LogP contribution in [-0.2, 0) is 11.3 Å². The number of imidazole rings is 1. The van der Waals surface area contributed by atoms with Gasteiger partial charge in [-0.05, 0) is 12.8 Å². The third-order valence-electron chi connectivity index (χ3n) is 2.47. The Morgan fingerprint density at radius 2 is 2.40 bits per heavy atom. The van der Waals surface area contributed by atoms with Crippen molar-refractivity contribution in [1.82, 2.24) is 9.55 Å². The van der Waals surface area contributed by atoms with Crippen molar-refractivity contribution >= 4 is 0 Å². The lowest BCUT2D eigenvalue weighted by molar-refractivity contribution is 0.0968. The van der Waals surface area contributed by atoms with Gasteiger partial charge in [-0.15, -0.1) is 0 Å². The van der Waals surface area contributed by atoms with E-state index in [1.54, 1.807) is 4.57 Å². The van der Waals surface area contributed by atoms with Gasteiger partial charge in [0.05, 0.1) is 19.0 Å². The Morgan fingerprint density at radius 1 is 1.53 bits per heavy atom. The summed E-state index contributed by atoms with van der Waals surface area (Å²) in [5.41, 5.74) is 0.517. The molecule has 2 heterocycles. The minimum atomic E-state index is 0.151. The van der Waals surface area contributed by atoms with E-state index in [4.69, 9.17) is 15.3 Å². The van der Waals surface area contributed by atoms with Gasteiger partial charge in [0.15, 0.2) is 11.4 Å². The molecule has 0 aliphatic carbocycles. The third-order valence-corrected chi connectivity index (χ3v) is 2.47. The van der Waals surface area contributed by atoms with Crippen LogP contribution in [0.4, 0.5) is 0 Å². The van der Waals surface area contributed by atoms with Gasteiger partial charge in [0.25, 0.3) is 0 Å². The lowest BCUT2D eigenvalue weighted by Crippen LogP contribution is -2.15. The fourth-order valence-corrected chi connectivity index (χ4v) is 1.73. The van der Waals surface area contributed by atoms with E-state index in [9.17, 15) is 0 Å². The molecule has 0 bridgehead atoms. The first kappa shape index (κ1) is 9.70. The normalized spacial score (nSPS) is 19.7. The molecule has 0 saturated carbocycles. The highest BCUT2D eigenvalue weighted by atomic mass is 16.5. The van der Waals surface area contributed by atoms with Crippen LogP contribution in [0, 0.1) is 22.7 Å². The first-order valence-corrected chi connectivity index (χ1v) is 4.82. The molecule has 2 rings (SSSR count). The molecule has 5 heteroatoms. The first-order valence-electron chi connectivity index (χ1n) is 4.82. The zero-order valence-corrected chi connectivity index (χ0v) is 8.18. The molecular weight excluding hydrogens is 192 g/mol. The second kappa shape index (κ2) is 4.12. The molecular formula is C10H10N4O. The second-order valence-corrected chi connectivity index (χ2v) is 3.45. The fourth-order valence-electron chi connectivity index (χ4n) is 1.73. The zero-order chi connectivity index (χ0) is 10.7. The number of ether oxygens (including phenoxy) is 1. The molecule has 15 heavy (non-hydrogen) atoms. The summed E-state index contributed by atoms with van der Waals surface area (Å²) in [5, 5.41) is 17.6. The Morgan fingerprint density at radius 3 is 3.00 bits per heavy atom. The topological polar surface area (TPSA) is 74.6 Å². The van der Waals surface area contributed by atoms with Crippen molar-refractivity contribution in [2.75, 3.05) is 6.61 Å². The number of nitriles is 2. The molecule has 1 aliphatic heterocycles. The summed E-state index contributed by atoms with van der Waals surface area (Å²) in [6.07, 6.45) is 3.74. The van der Waals surface area contributed by atoms with Crippen LogP contribution < -0.4 is 0 Å². The van der Waals surface area contributed by atoms with Gasteiger partial charge in [-0.25, -0.2) is 4.98 Å². The van der Waals surface area contributed by atoms with Crippen molar-refractivity contribution in [1.29, 1.82) is 10.5 Å². The molecule has 0 spiro atoms. The van der Waals surface area contributed by atoms with Crippen LogP contribution in [-0.4, -0.2) is 22.3 Å². The van der Waals surface area contributed by atoms with Crippen LogP contribution >= 0.6 is 0 Å². The summed E-state index contributed by atoms with van der Waals surface area (Å²) in [6, 6.07) is 3.89. The highest BCUT2D eigenvalue weighted by Gasteiger charge is 2.18. The third kappa shape index (κ3) is 1.83.